The molecular formula is C5H7Cs. The Kier molecular flexibility index (Phi) is 16.7. The molecule has 0 saturated carbocycles. The van der Waals surface area contributed by atoms with Crippen molar-refractivity contribution in [3.05, 3.63) is 31.7 Å². The van der Waals surface area contributed by atoms with Crippen LogP contribution in [0.5, 0.6) is 0 Å². The van der Waals surface area contributed by atoms with Gasteiger partial charge in [0.15, 0.2) is 0 Å². The molecule has 0 rings (SSSR count). The van der Waals surface area contributed by atoms with Crippen LogP contribution >= 0.6 is 0 Å². The maximum atomic E-state index is 3.42. The van der Waals surface area contributed by atoms with Crippen molar-refractivity contribution in [2.45, 2.75) is 0 Å². The Morgan fingerprint density at radius 3 is 2.00 bits per heavy atom. The minimum absolute atomic E-state index is 0. The summed E-state index contributed by atoms with van der Waals surface area (Å²) in [7, 11) is 0. The molecule has 0 aromatic heterocycles. The summed E-state index contributed by atoms with van der Waals surface area (Å²) in [6.07, 6.45) is 5.15. The van der Waals surface area contributed by atoms with E-state index in [1.165, 1.54) is 0 Å². The predicted molar refractivity (Wildman–Crippen MR) is 24.7 cm³/mol. The van der Waals surface area contributed by atoms with Crippen LogP contribution in [0, 0.1) is 6.92 Å². The minimum Gasteiger partial charge on any atom is -0.245 e. The number of allylic oxidation sites excluding steroid dienone is 3. The zero-order chi connectivity index (χ0) is 4.12. The van der Waals surface area contributed by atoms with Gasteiger partial charge in [0.2, 0.25) is 0 Å². The second kappa shape index (κ2) is 9.64. The fraction of sp³-hybridized carbons (Fsp3) is 0. The Labute approximate surface area is 98.1 Å². The smallest absolute Gasteiger partial charge is 0.245 e. The normalized spacial score (nSPS) is 7.33. The van der Waals surface area contributed by atoms with E-state index < -0.39 is 0 Å². The SMILES string of the molecule is C=CC=C[CH2-].[Cs+]. The summed E-state index contributed by atoms with van der Waals surface area (Å²) < 4.78 is 0. The first kappa shape index (κ1) is 10.4. The molecule has 0 spiro atoms. The standard InChI is InChI=1S/C5H7.Cs/c1-3-5-4-2;/h3-5H,1-2H2;/q-1;+1. The average molecular weight is 200 g/mol. The molecule has 6 heavy (non-hydrogen) atoms. The van der Waals surface area contributed by atoms with Crippen LogP contribution in [0.4, 0.5) is 0 Å². The van der Waals surface area contributed by atoms with Crippen LogP contribution in [0.15, 0.2) is 24.8 Å². The van der Waals surface area contributed by atoms with Crippen molar-refractivity contribution in [1.29, 1.82) is 0 Å². The van der Waals surface area contributed by atoms with Gasteiger partial charge in [-0.15, -0.1) is 6.58 Å². The molecule has 28 valence electrons. The quantitative estimate of drug-likeness (QED) is 0.359. The van der Waals surface area contributed by atoms with Gasteiger partial charge in [-0.1, -0.05) is 0 Å². The molecule has 0 saturated heterocycles. The molecule has 0 aliphatic rings. The van der Waals surface area contributed by atoms with Crippen LogP contribution in [0.2, 0.25) is 0 Å². The van der Waals surface area contributed by atoms with Gasteiger partial charge >= 0.3 is 68.9 Å². The van der Waals surface area contributed by atoms with Gasteiger partial charge in [-0.3, -0.25) is 0 Å². The number of hydrogen-bond acceptors (Lipinski definition) is 0. The Hall–Kier alpha value is 1.40. The van der Waals surface area contributed by atoms with Gasteiger partial charge in [-0.05, 0) is 0 Å². The van der Waals surface area contributed by atoms with Crippen molar-refractivity contribution in [1.82, 2.24) is 0 Å². The first-order valence-electron chi connectivity index (χ1n) is 1.48. The summed E-state index contributed by atoms with van der Waals surface area (Å²) in [5, 5.41) is 0. The van der Waals surface area contributed by atoms with E-state index in [2.05, 4.69) is 13.5 Å². The van der Waals surface area contributed by atoms with E-state index >= 15 is 0 Å². The van der Waals surface area contributed by atoms with Crippen LogP contribution in [-0.2, 0) is 0 Å². The van der Waals surface area contributed by atoms with Crippen LogP contribution in [0.1, 0.15) is 0 Å². The Morgan fingerprint density at radius 2 is 2.00 bits per heavy atom. The zero-order valence-electron chi connectivity index (χ0n) is 4.15. The van der Waals surface area contributed by atoms with Gasteiger partial charge in [-0.25, -0.2) is 19.1 Å². The topological polar surface area (TPSA) is 0 Å². The fourth-order valence-electron chi connectivity index (χ4n) is 0.0962. The van der Waals surface area contributed by atoms with Gasteiger partial charge in [0.25, 0.3) is 0 Å². The second-order valence-corrected chi connectivity index (χ2v) is 0.664. The van der Waals surface area contributed by atoms with Gasteiger partial charge in [0.1, 0.15) is 0 Å². The first-order chi connectivity index (χ1) is 2.41. The molecule has 0 atom stereocenters. The van der Waals surface area contributed by atoms with Crippen molar-refractivity contribution in [3.8, 4) is 0 Å². The van der Waals surface area contributed by atoms with Crippen molar-refractivity contribution in [2.24, 2.45) is 0 Å². The molecule has 0 N–H and O–H groups in total. The van der Waals surface area contributed by atoms with Gasteiger partial charge in [0, 0.05) is 0 Å². The molecule has 0 aromatic carbocycles. The predicted octanol–water partition coefficient (Wildman–Crippen LogP) is -1.43. The Morgan fingerprint density at radius 1 is 1.50 bits per heavy atom. The molecule has 0 fully saturated rings. The van der Waals surface area contributed by atoms with Crippen molar-refractivity contribution < 1.29 is 68.9 Å². The molecule has 0 amide bonds. The van der Waals surface area contributed by atoms with Crippen LogP contribution in [0.25, 0.3) is 0 Å². The number of rotatable bonds is 1. The molecule has 0 aromatic rings. The van der Waals surface area contributed by atoms with E-state index in [4.69, 9.17) is 0 Å². The molecule has 0 aliphatic heterocycles. The molecule has 0 nitrogen and oxygen atoms in total. The van der Waals surface area contributed by atoms with Crippen molar-refractivity contribution >= 4 is 0 Å². The molecule has 0 unspecified atom stereocenters. The van der Waals surface area contributed by atoms with Crippen molar-refractivity contribution in [2.75, 3.05) is 0 Å². The first-order valence-corrected chi connectivity index (χ1v) is 1.48. The number of hydrogen-bond donors (Lipinski definition) is 0. The Bertz CT molecular complexity index is 45.9. The van der Waals surface area contributed by atoms with Gasteiger partial charge in [0.05, 0.1) is 0 Å². The van der Waals surface area contributed by atoms with E-state index in [-0.39, 0.29) is 68.9 Å². The molecule has 0 radical (unpaired) electrons. The van der Waals surface area contributed by atoms with E-state index in [1.54, 1.807) is 18.2 Å². The summed E-state index contributed by atoms with van der Waals surface area (Å²) in [5.41, 5.74) is 0. The average Bonchev–Trinajstić information content (AvgIpc) is 1.41. The second-order valence-electron chi connectivity index (χ2n) is 0.664. The third-order valence-corrected chi connectivity index (χ3v) is 0.272. The third-order valence-electron chi connectivity index (χ3n) is 0.272. The zero-order valence-corrected chi connectivity index (χ0v) is 10.4. The van der Waals surface area contributed by atoms with E-state index in [1.807, 2.05) is 0 Å². The van der Waals surface area contributed by atoms with E-state index in [0.29, 0.717) is 0 Å². The maximum absolute atomic E-state index is 3.42. The maximum Gasteiger partial charge on any atom is 1.00 e. The van der Waals surface area contributed by atoms with Crippen LogP contribution < -0.4 is 68.9 Å². The monoisotopic (exact) mass is 200 g/mol. The van der Waals surface area contributed by atoms with E-state index in [0.717, 1.165) is 0 Å². The van der Waals surface area contributed by atoms with Crippen molar-refractivity contribution in [3.63, 3.8) is 0 Å². The molecule has 0 bridgehead atoms. The molecule has 1 heteroatoms. The summed E-state index contributed by atoms with van der Waals surface area (Å²) in [6.45, 7) is 6.85. The largest absolute Gasteiger partial charge is 1.00 e. The fourth-order valence-corrected chi connectivity index (χ4v) is 0.0962. The Balaban J connectivity index is 0. The van der Waals surface area contributed by atoms with Gasteiger partial charge in [-0.2, -0.15) is 6.08 Å². The summed E-state index contributed by atoms with van der Waals surface area (Å²) in [6, 6.07) is 0. The van der Waals surface area contributed by atoms with E-state index in [9.17, 15) is 0 Å². The van der Waals surface area contributed by atoms with Crippen LogP contribution in [0.3, 0.4) is 0 Å². The summed E-state index contributed by atoms with van der Waals surface area (Å²) in [5.74, 6) is 0. The minimum atomic E-state index is 0. The third kappa shape index (κ3) is 9.04. The van der Waals surface area contributed by atoms with Gasteiger partial charge < -0.3 is 0 Å². The molecule has 0 aliphatic carbocycles. The van der Waals surface area contributed by atoms with Crippen LogP contribution in [-0.4, -0.2) is 0 Å². The molecule has 0 heterocycles. The molecular weight excluding hydrogens is 193 g/mol. The summed E-state index contributed by atoms with van der Waals surface area (Å²) in [4.78, 5) is 0. The summed E-state index contributed by atoms with van der Waals surface area (Å²) >= 11 is 0.